The fourth-order valence-electron chi connectivity index (χ4n) is 4.24. The molecular weight excluding hydrogens is 414 g/mol. The Morgan fingerprint density at radius 1 is 1.16 bits per heavy atom. The smallest absolute Gasteiger partial charge is 0.0438 e. The maximum absolute atomic E-state index is 6.28. The number of benzene rings is 2. The van der Waals surface area contributed by atoms with Crippen LogP contribution in [0.1, 0.15) is 23.1 Å². The van der Waals surface area contributed by atoms with E-state index in [1.165, 1.54) is 34.6 Å². The van der Waals surface area contributed by atoms with Crippen LogP contribution < -0.4 is 0 Å². The quantitative estimate of drug-likeness (QED) is 0.534. The van der Waals surface area contributed by atoms with Crippen LogP contribution in [0, 0.1) is 19.8 Å². The van der Waals surface area contributed by atoms with Crippen molar-refractivity contribution in [2.75, 3.05) is 6.54 Å². The molecule has 4 rings (SSSR count). The predicted octanol–water partition coefficient (Wildman–Crippen LogP) is 6.09. The van der Waals surface area contributed by atoms with Crippen LogP contribution >= 0.6 is 39.3 Å². The topological polar surface area (TPSA) is 3.24 Å². The van der Waals surface area contributed by atoms with Gasteiger partial charge in [0.15, 0.2) is 0 Å². The van der Waals surface area contributed by atoms with Crippen molar-refractivity contribution < 1.29 is 0 Å². The summed E-state index contributed by atoms with van der Waals surface area (Å²) in [5.41, 5.74) is 3.88. The monoisotopic (exact) mass is 435 g/mol. The molecular formula is C21H23BrClNS. The largest absolute Gasteiger partial charge is 0.294 e. The second-order valence-electron chi connectivity index (χ2n) is 7.37. The average Bonchev–Trinajstić information content (AvgIpc) is 3.04. The minimum Gasteiger partial charge on any atom is -0.294 e. The number of piperidine rings is 1. The number of nitrogens with zero attached hydrogens (tertiary/aromatic N) is 1. The van der Waals surface area contributed by atoms with Gasteiger partial charge in [-0.15, -0.1) is 11.8 Å². The number of hydrogen-bond donors (Lipinski definition) is 0. The van der Waals surface area contributed by atoms with Crippen molar-refractivity contribution in [3.63, 3.8) is 0 Å². The summed E-state index contributed by atoms with van der Waals surface area (Å²) in [6, 6.07) is 15.8. The van der Waals surface area contributed by atoms with Gasteiger partial charge in [0.05, 0.1) is 0 Å². The summed E-state index contributed by atoms with van der Waals surface area (Å²) >= 11 is 12.3. The second kappa shape index (κ2) is 7.26. The summed E-state index contributed by atoms with van der Waals surface area (Å²) in [6.45, 7) is 6.54. The molecule has 2 aromatic carbocycles. The van der Waals surface area contributed by atoms with Crippen LogP contribution in [0.3, 0.4) is 0 Å². The predicted molar refractivity (Wildman–Crippen MR) is 112 cm³/mol. The van der Waals surface area contributed by atoms with Gasteiger partial charge in [0.1, 0.15) is 0 Å². The van der Waals surface area contributed by atoms with Gasteiger partial charge in [-0.05, 0) is 55.0 Å². The van der Waals surface area contributed by atoms with Crippen LogP contribution in [-0.2, 0) is 6.54 Å². The molecule has 1 saturated carbocycles. The molecule has 1 aliphatic heterocycles. The molecule has 2 bridgehead atoms. The number of fused-ring (bicyclic) bond motifs is 2. The molecule has 2 aliphatic rings. The van der Waals surface area contributed by atoms with Crippen LogP contribution in [0.2, 0.25) is 5.02 Å². The number of alkyl halides is 1. The molecule has 132 valence electrons. The number of hydrogen-bond acceptors (Lipinski definition) is 2. The minimum atomic E-state index is 0.602. The van der Waals surface area contributed by atoms with E-state index >= 15 is 0 Å². The first kappa shape index (κ1) is 17.9. The molecule has 0 unspecified atom stereocenters. The van der Waals surface area contributed by atoms with E-state index in [1.807, 2.05) is 0 Å². The van der Waals surface area contributed by atoms with Crippen LogP contribution in [0.15, 0.2) is 47.4 Å². The van der Waals surface area contributed by atoms with Gasteiger partial charge >= 0.3 is 0 Å². The summed E-state index contributed by atoms with van der Waals surface area (Å²) in [4.78, 5) is 4.68. The highest BCUT2D eigenvalue weighted by atomic mass is 79.9. The van der Waals surface area contributed by atoms with E-state index in [-0.39, 0.29) is 0 Å². The van der Waals surface area contributed by atoms with E-state index in [9.17, 15) is 0 Å². The zero-order chi connectivity index (χ0) is 17.6. The third-order valence-electron chi connectivity index (χ3n) is 5.55. The third kappa shape index (κ3) is 3.53. The first-order chi connectivity index (χ1) is 12.0. The number of aryl methyl sites for hydroxylation is 2. The van der Waals surface area contributed by atoms with Crippen molar-refractivity contribution in [3.8, 4) is 0 Å². The Morgan fingerprint density at radius 2 is 1.92 bits per heavy atom. The Bertz CT molecular complexity index is 766. The van der Waals surface area contributed by atoms with Crippen LogP contribution in [0.25, 0.3) is 0 Å². The lowest BCUT2D eigenvalue weighted by Gasteiger charge is -2.33. The van der Waals surface area contributed by atoms with Crippen molar-refractivity contribution in [1.29, 1.82) is 0 Å². The van der Waals surface area contributed by atoms with Gasteiger partial charge in [-0.3, -0.25) is 4.90 Å². The Balaban J connectivity index is 1.53. The van der Waals surface area contributed by atoms with Gasteiger partial charge in [0.25, 0.3) is 0 Å². The summed E-state index contributed by atoms with van der Waals surface area (Å²) in [5, 5.41) is 1.52. The van der Waals surface area contributed by atoms with Crippen molar-refractivity contribution in [1.82, 2.24) is 4.90 Å². The van der Waals surface area contributed by atoms with Gasteiger partial charge in [0, 0.05) is 39.1 Å². The van der Waals surface area contributed by atoms with Gasteiger partial charge in [-0.25, -0.2) is 0 Å². The van der Waals surface area contributed by atoms with Gasteiger partial charge in [-0.1, -0.05) is 57.9 Å². The molecule has 2 aromatic rings. The highest BCUT2D eigenvalue weighted by Crippen LogP contribution is 2.50. The van der Waals surface area contributed by atoms with Crippen LogP contribution in [-0.4, -0.2) is 27.6 Å². The molecule has 1 saturated heterocycles. The summed E-state index contributed by atoms with van der Waals surface area (Å²) < 4.78 is 0. The van der Waals surface area contributed by atoms with E-state index < -0.39 is 0 Å². The van der Waals surface area contributed by atoms with E-state index in [4.69, 9.17) is 11.6 Å². The van der Waals surface area contributed by atoms with Crippen LogP contribution in [0.5, 0.6) is 0 Å². The van der Waals surface area contributed by atoms with Gasteiger partial charge in [-0.2, -0.15) is 0 Å². The first-order valence-electron chi connectivity index (χ1n) is 8.88. The fraction of sp³-hybridized carbons (Fsp3) is 0.429. The second-order valence-corrected chi connectivity index (χ2v) is 10.1. The molecule has 4 heteroatoms. The van der Waals surface area contributed by atoms with Crippen molar-refractivity contribution in [2.24, 2.45) is 5.92 Å². The average molecular weight is 437 g/mol. The maximum Gasteiger partial charge on any atom is 0.0438 e. The molecule has 0 N–H and O–H groups in total. The molecule has 1 nitrogen and oxygen atoms in total. The Kier molecular flexibility index (Phi) is 5.20. The van der Waals surface area contributed by atoms with Gasteiger partial charge in [0.2, 0.25) is 0 Å². The third-order valence-corrected chi connectivity index (χ3v) is 8.71. The standard InChI is InChI=1S/C21H23BrClNS/c1-13-9-18(14(2)8-17(13)23)25-19-10-16-12-24(21(19)20(16)22)11-15-6-4-3-5-7-15/h3-9,16,19-21H,10-12H2,1-2H3/t16-,19-,20+,21-/m1/s1. The van der Waals surface area contributed by atoms with Crippen molar-refractivity contribution in [2.45, 2.75) is 47.8 Å². The molecule has 0 amide bonds. The summed E-state index contributed by atoms with van der Waals surface area (Å²) in [5.74, 6) is 0.764. The molecule has 1 heterocycles. The zero-order valence-corrected chi connectivity index (χ0v) is 17.7. The van der Waals surface area contributed by atoms with E-state index in [1.54, 1.807) is 0 Å². The number of likely N-dealkylation sites (tertiary alicyclic amines) is 1. The van der Waals surface area contributed by atoms with E-state index in [0.29, 0.717) is 16.1 Å². The van der Waals surface area contributed by atoms with Crippen molar-refractivity contribution >= 4 is 39.3 Å². The van der Waals surface area contributed by atoms with Crippen LogP contribution in [0.4, 0.5) is 0 Å². The van der Waals surface area contributed by atoms with E-state index in [0.717, 1.165) is 17.5 Å². The number of rotatable bonds is 4. The number of halogens is 2. The zero-order valence-electron chi connectivity index (χ0n) is 14.6. The fourth-order valence-corrected chi connectivity index (χ4v) is 7.38. The number of thioether (sulfide) groups is 1. The van der Waals surface area contributed by atoms with Crippen molar-refractivity contribution in [3.05, 3.63) is 64.2 Å². The Morgan fingerprint density at radius 3 is 2.64 bits per heavy atom. The maximum atomic E-state index is 6.28. The molecule has 0 radical (unpaired) electrons. The minimum absolute atomic E-state index is 0.602. The molecule has 2 fully saturated rings. The summed E-state index contributed by atoms with van der Waals surface area (Å²) in [6.07, 6.45) is 1.30. The highest BCUT2D eigenvalue weighted by Gasteiger charge is 2.51. The Hall–Kier alpha value is -0.480. The SMILES string of the molecule is Cc1cc(S[C@@H]2C[C@@H]3CN(Cc4ccccc4)[C@H]2[C@H]3Br)c(C)cc1Cl. The lowest BCUT2D eigenvalue weighted by molar-refractivity contribution is 0.211. The molecule has 0 aromatic heterocycles. The summed E-state index contributed by atoms with van der Waals surface area (Å²) in [7, 11) is 0. The normalized spacial score (nSPS) is 28.6. The first-order valence-corrected chi connectivity index (χ1v) is 11.1. The molecule has 25 heavy (non-hydrogen) atoms. The molecule has 4 atom stereocenters. The molecule has 0 spiro atoms. The molecule has 1 aliphatic carbocycles. The highest BCUT2D eigenvalue weighted by molar-refractivity contribution is 9.09. The lowest BCUT2D eigenvalue weighted by atomic mass is 10.1. The Labute approximate surface area is 168 Å². The van der Waals surface area contributed by atoms with E-state index in [2.05, 4.69) is 88.9 Å². The van der Waals surface area contributed by atoms with Gasteiger partial charge < -0.3 is 0 Å². The lowest BCUT2D eigenvalue weighted by Crippen LogP contribution is -2.40.